The van der Waals surface area contributed by atoms with E-state index in [1.807, 2.05) is 11.3 Å². The minimum absolute atomic E-state index is 0.490. The highest BCUT2D eigenvalue weighted by atomic mass is 32.1. The lowest BCUT2D eigenvalue weighted by atomic mass is 9.90. The van der Waals surface area contributed by atoms with Crippen molar-refractivity contribution in [3.63, 3.8) is 0 Å². The summed E-state index contributed by atoms with van der Waals surface area (Å²) in [5.74, 6) is 0.831. The van der Waals surface area contributed by atoms with Gasteiger partial charge in [-0.1, -0.05) is 6.07 Å². The molecule has 0 saturated carbocycles. The molecule has 114 valence electrons. The van der Waals surface area contributed by atoms with Gasteiger partial charge in [0.25, 0.3) is 0 Å². The van der Waals surface area contributed by atoms with Crippen LogP contribution >= 0.6 is 11.3 Å². The van der Waals surface area contributed by atoms with Crippen molar-refractivity contribution in [3.8, 4) is 0 Å². The minimum atomic E-state index is 0.490. The Kier molecular flexibility index (Phi) is 6.02. The van der Waals surface area contributed by atoms with Crippen LogP contribution in [-0.2, 0) is 0 Å². The second-order valence-corrected chi connectivity index (χ2v) is 7.31. The molecule has 2 rings (SSSR count). The lowest BCUT2D eigenvalue weighted by Gasteiger charge is -2.34. The lowest BCUT2D eigenvalue weighted by molar-refractivity contribution is 0.183. The molecule has 4 heteroatoms. The van der Waals surface area contributed by atoms with Crippen LogP contribution in [0.1, 0.15) is 30.7 Å². The second kappa shape index (κ2) is 7.55. The SMILES string of the molecule is CC(NCC(c1cccs1)N(C)C)C1CCN(C)CC1. The van der Waals surface area contributed by atoms with Crippen LogP contribution in [0.15, 0.2) is 17.5 Å². The summed E-state index contributed by atoms with van der Waals surface area (Å²) in [4.78, 5) is 6.22. The molecule has 3 nitrogen and oxygen atoms in total. The largest absolute Gasteiger partial charge is 0.312 e. The molecule has 1 aliphatic rings. The fourth-order valence-electron chi connectivity index (χ4n) is 3.01. The van der Waals surface area contributed by atoms with Crippen molar-refractivity contribution in [2.75, 3.05) is 40.8 Å². The van der Waals surface area contributed by atoms with Crippen molar-refractivity contribution >= 4 is 11.3 Å². The summed E-state index contributed by atoms with van der Waals surface area (Å²) in [5, 5.41) is 5.96. The summed E-state index contributed by atoms with van der Waals surface area (Å²) in [6, 6.07) is 5.50. The van der Waals surface area contributed by atoms with Gasteiger partial charge in [-0.05, 0) is 71.4 Å². The molecule has 1 N–H and O–H groups in total. The lowest BCUT2D eigenvalue weighted by Crippen LogP contribution is -2.43. The Labute approximate surface area is 128 Å². The van der Waals surface area contributed by atoms with Crippen LogP contribution in [0.4, 0.5) is 0 Å². The van der Waals surface area contributed by atoms with Gasteiger partial charge in [0.05, 0.1) is 6.04 Å². The number of likely N-dealkylation sites (tertiary alicyclic amines) is 1. The Bertz CT molecular complexity index is 369. The van der Waals surface area contributed by atoms with Crippen LogP contribution in [0.25, 0.3) is 0 Å². The van der Waals surface area contributed by atoms with Gasteiger partial charge in [-0.2, -0.15) is 0 Å². The normalized spacial score (nSPS) is 21.2. The van der Waals surface area contributed by atoms with Crippen LogP contribution in [0.5, 0.6) is 0 Å². The van der Waals surface area contributed by atoms with E-state index in [9.17, 15) is 0 Å². The molecule has 0 amide bonds. The predicted octanol–water partition coefficient (Wildman–Crippen LogP) is 2.67. The van der Waals surface area contributed by atoms with Crippen molar-refractivity contribution in [2.45, 2.75) is 31.8 Å². The average Bonchev–Trinajstić information content (AvgIpc) is 2.93. The Hall–Kier alpha value is -0.420. The van der Waals surface area contributed by atoms with E-state index in [1.165, 1.54) is 30.8 Å². The molecule has 1 aromatic rings. The Morgan fingerprint density at radius 1 is 1.40 bits per heavy atom. The van der Waals surface area contributed by atoms with Gasteiger partial charge in [-0.25, -0.2) is 0 Å². The number of hydrogen-bond donors (Lipinski definition) is 1. The van der Waals surface area contributed by atoms with Crippen LogP contribution in [-0.4, -0.2) is 56.6 Å². The first-order chi connectivity index (χ1) is 9.58. The molecule has 0 spiro atoms. The molecule has 0 aliphatic carbocycles. The zero-order chi connectivity index (χ0) is 14.5. The van der Waals surface area contributed by atoms with Gasteiger partial charge < -0.3 is 15.1 Å². The van der Waals surface area contributed by atoms with Gasteiger partial charge in [-0.3, -0.25) is 0 Å². The van der Waals surface area contributed by atoms with Crippen LogP contribution < -0.4 is 5.32 Å². The van der Waals surface area contributed by atoms with Gasteiger partial charge in [0.1, 0.15) is 0 Å². The van der Waals surface area contributed by atoms with Gasteiger partial charge in [0.2, 0.25) is 0 Å². The van der Waals surface area contributed by atoms with E-state index < -0.39 is 0 Å². The van der Waals surface area contributed by atoms with E-state index in [0.717, 1.165) is 12.5 Å². The first-order valence-corrected chi connectivity index (χ1v) is 8.57. The molecule has 0 bridgehead atoms. The molecule has 0 aromatic carbocycles. The average molecular weight is 295 g/mol. The molecule has 2 unspecified atom stereocenters. The van der Waals surface area contributed by atoms with Gasteiger partial charge in [0.15, 0.2) is 0 Å². The molecule has 0 radical (unpaired) electrons. The maximum atomic E-state index is 3.78. The quantitative estimate of drug-likeness (QED) is 0.870. The monoisotopic (exact) mass is 295 g/mol. The number of nitrogens with one attached hydrogen (secondary N) is 1. The third-order valence-corrected chi connectivity index (χ3v) is 5.57. The van der Waals surface area contributed by atoms with Gasteiger partial charge in [-0.15, -0.1) is 11.3 Å². The summed E-state index contributed by atoms with van der Waals surface area (Å²) >= 11 is 1.86. The molecule has 1 saturated heterocycles. The third kappa shape index (κ3) is 4.29. The number of piperidine rings is 1. The Morgan fingerprint density at radius 3 is 2.65 bits per heavy atom. The second-order valence-electron chi connectivity index (χ2n) is 6.33. The summed E-state index contributed by atoms with van der Waals surface area (Å²) < 4.78 is 0. The molecule has 1 fully saturated rings. The standard InChI is InChI=1S/C16H29N3S/c1-13(14-7-9-19(4)10-8-14)17-12-15(18(2)3)16-6-5-11-20-16/h5-6,11,13-15,17H,7-10,12H2,1-4H3. The highest BCUT2D eigenvalue weighted by Crippen LogP contribution is 2.24. The Balaban J connectivity index is 1.83. The topological polar surface area (TPSA) is 18.5 Å². The molecule has 20 heavy (non-hydrogen) atoms. The molecular formula is C16H29N3S. The molecule has 2 atom stereocenters. The molecule has 1 aliphatic heterocycles. The fourth-order valence-corrected chi connectivity index (χ4v) is 3.93. The van der Waals surface area contributed by atoms with Crippen molar-refractivity contribution < 1.29 is 0 Å². The van der Waals surface area contributed by atoms with E-state index in [-0.39, 0.29) is 0 Å². The van der Waals surface area contributed by atoms with E-state index in [0.29, 0.717) is 12.1 Å². The molecular weight excluding hydrogens is 266 g/mol. The van der Waals surface area contributed by atoms with E-state index in [2.05, 4.69) is 60.7 Å². The highest BCUT2D eigenvalue weighted by Gasteiger charge is 2.23. The maximum absolute atomic E-state index is 3.78. The van der Waals surface area contributed by atoms with E-state index in [4.69, 9.17) is 0 Å². The highest BCUT2D eigenvalue weighted by molar-refractivity contribution is 7.10. The smallest absolute Gasteiger partial charge is 0.0561 e. The van der Waals surface area contributed by atoms with Crippen LogP contribution in [0.3, 0.4) is 0 Å². The first kappa shape index (κ1) is 16.0. The number of nitrogens with zero attached hydrogens (tertiary/aromatic N) is 2. The summed E-state index contributed by atoms with van der Waals surface area (Å²) in [6.45, 7) is 5.90. The Morgan fingerprint density at radius 2 is 2.10 bits per heavy atom. The van der Waals surface area contributed by atoms with Gasteiger partial charge >= 0.3 is 0 Å². The third-order valence-electron chi connectivity index (χ3n) is 4.60. The van der Waals surface area contributed by atoms with E-state index >= 15 is 0 Å². The molecule has 1 aromatic heterocycles. The van der Waals surface area contributed by atoms with Crippen molar-refractivity contribution in [3.05, 3.63) is 22.4 Å². The number of likely N-dealkylation sites (N-methyl/N-ethyl adjacent to an activating group) is 1. The van der Waals surface area contributed by atoms with Crippen molar-refractivity contribution in [2.24, 2.45) is 5.92 Å². The first-order valence-electron chi connectivity index (χ1n) is 7.69. The van der Waals surface area contributed by atoms with Crippen LogP contribution in [0.2, 0.25) is 0 Å². The van der Waals surface area contributed by atoms with Crippen molar-refractivity contribution in [1.29, 1.82) is 0 Å². The summed E-state index contributed by atoms with van der Waals surface area (Å²) in [5.41, 5.74) is 0. The number of thiophene rings is 1. The molecule has 2 heterocycles. The number of hydrogen-bond acceptors (Lipinski definition) is 4. The van der Waals surface area contributed by atoms with E-state index in [1.54, 1.807) is 0 Å². The summed E-state index contributed by atoms with van der Waals surface area (Å²) in [6.07, 6.45) is 2.66. The van der Waals surface area contributed by atoms with Crippen molar-refractivity contribution in [1.82, 2.24) is 15.1 Å². The minimum Gasteiger partial charge on any atom is -0.312 e. The van der Waals surface area contributed by atoms with Crippen LogP contribution in [0, 0.1) is 5.92 Å². The number of rotatable bonds is 6. The zero-order valence-electron chi connectivity index (χ0n) is 13.3. The maximum Gasteiger partial charge on any atom is 0.0561 e. The zero-order valence-corrected chi connectivity index (χ0v) is 14.1. The fraction of sp³-hybridized carbons (Fsp3) is 0.750. The van der Waals surface area contributed by atoms with Gasteiger partial charge in [0, 0.05) is 17.5 Å². The predicted molar refractivity (Wildman–Crippen MR) is 88.4 cm³/mol. The summed E-state index contributed by atoms with van der Waals surface area (Å²) in [7, 11) is 6.58.